The first kappa shape index (κ1) is 27.5. The Morgan fingerprint density at radius 3 is 2.41 bits per heavy atom. The van der Waals surface area contributed by atoms with Crippen molar-refractivity contribution in [3.8, 4) is 0 Å². The molecule has 1 spiro atoms. The van der Waals surface area contributed by atoms with Gasteiger partial charge in [-0.25, -0.2) is 13.2 Å². The summed E-state index contributed by atoms with van der Waals surface area (Å²) in [7, 11) is -4.05. The molecular weight excluding hydrogens is 538 g/mol. The molecule has 0 unspecified atom stereocenters. The molecule has 0 atom stereocenters. The maximum absolute atomic E-state index is 13.9. The third kappa shape index (κ3) is 5.39. The van der Waals surface area contributed by atoms with Crippen LogP contribution in [0.3, 0.4) is 0 Å². The van der Waals surface area contributed by atoms with E-state index >= 15 is 0 Å². The third-order valence-corrected chi connectivity index (χ3v) is 9.55. The second kappa shape index (κ2) is 9.55. The molecule has 10 heteroatoms. The molecule has 5 rings (SSSR count). The number of ether oxygens (including phenoxy) is 1. The van der Waals surface area contributed by atoms with E-state index in [0.29, 0.717) is 41.9 Å². The topological polar surface area (TPSA) is 109 Å². The van der Waals surface area contributed by atoms with Crippen molar-refractivity contribution in [3.63, 3.8) is 0 Å². The number of aromatic nitrogens is 1. The molecule has 0 radical (unpaired) electrons. The zero-order valence-electron chi connectivity index (χ0n) is 22.9. The summed E-state index contributed by atoms with van der Waals surface area (Å²) < 4.78 is 33.4. The summed E-state index contributed by atoms with van der Waals surface area (Å²) >= 11 is 6.23. The second-order valence-corrected chi connectivity index (χ2v) is 14.4. The number of fused-ring (bicyclic) bond motifs is 1. The van der Waals surface area contributed by atoms with Gasteiger partial charge >= 0.3 is 6.09 Å². The van der Waals surface area contributed by atoms with Crippen LogP contribution in [-0.4, -0.2) is 55.0 Å². The van der Waals surface area contributed by atoms with Crippen molar-refractivity contribution >= 4 is 44.3 Å². The summed E-state index contributed by atoms with van der Waals surface area (Å²) in [4.78, 5) is 30.9. The predicted molar refractivity (Wildman–Crippen MR) is 150 cm³/mol. The zero-order chi connectivity index (χ0) is 28.3. The number of hydrogen-bond donors (Lipinski definition) is 2. The van der Waals surface area contributed by atoms with Crippen LogP contribution in [0.4, 0.5) is 4.79 Å². The van der Waals surface area contributed by atoms with E-state index in [9.17, 15) is 18.0 Å². The fourth-order valence-electron chi connectivity index (χ4n) is 5.88. The molecule has 2 aliphatic rings. The van der Waals surface area contributed by atoms with E-state index in [0.717, 1.165) is 17.5 Å². The molecule has 8 nitrogen and oxygen atoms in total. The van der Waals surface area contributed by atoms with E-state index in [4.69, 9.17) is 16.3 Å². The van der Waals surface area contributed by atoms with Crippen molar-refractivity contribution in [2.45, 2.75) is 75.3 Å². The molecule has 2 amide bonds. The van der Waals surface area contributed by atoms with Crippen LogP contribution in [-0.2, 0) is 14.6 Å². The lowest BCUT2D eigenvalue weighted by molar-refractivity contribution is 0.0215. The molecule has 1 saturated heterocycles. The summed E-state index contributed by atoms with van der Waals surface area (Å²) in [6, 6.07) is 9.90. The SMILES string of the molecule is Cc1cc(C)cc(S(=O)(=O)c2c(C(=O)NC3CC4(CCN(C(=O)OC(C)(C)C)C4)C3)[nH]c3ccc(Cl)cc23)c1. The fourth-order valence-corrected chi connectivity index (χ4v) is 7.84. The number of hydrogen-bond acceptors (Lipinski definition) is 5. The van der Waals surface area contributed by atoms with E-state index in [1.807, 2.05) is 40.7 Å². The summed E-state index contributed by atoms with van der Waals surface area (Å²) in [5.74, 6) is -0.480. The van der Waals surface area contributed by atoms with Crippen LogP contribution in [0.2, 0.25) is 5.02 Å². The average molecular weight is 572 g/mol. The monoisotopic (exact) mass is 571 g/mol. The average Bonchev–Trinajstić information content (AvgIpc) is 3.40. The van der Waals surface area contributed by atoms with Gasteiger partial charge in [-0.1, -0.05) is 17.7 Å². The van der Waals surface area contributed by atoms with Gasteiger partial charge in [-0.05, 0) is 101 Å². The number of amides is 2. The minimum absolute atomic E-state index is 0.00539. The largest absolute Gasteiger partial charge is 0.444 e. The van der Waals surface area contributed by atoms with Gasteiger partial charge in [-0.15, -0.1) is 0 Å². The molecule has 1 aromatic heterocycles. The molecule has 2 fully saturated rings. The summed E-state index contributed by atoms with van der Waals surface area (Å²) in [6.07, 6.45) is 1.95. The molecule has 208 valence electrons. The fraction of sp³-hybridized carbons (Fsp3) is 0.448. The number of carbonyl (C=O) groups excluding carboxylic acids is 2. The van der Waals surface area contributed by atoms with Crippen molar-refractivity contribution in [1.29, 1.82) is 0 Å². The Bertz CT molecular complexity index is 1560. The maximum atomic E-state index is 13.9. The zero-order valence-corrected chi connectivity index (χ0v) is 24.4. The Morgan fingerprint density at radius 1 is 1.10 bits per heavy atom. The molecule has 1 saturated carbocycles. The van der Waals surface area contributed by atoms with Gasteiger partial charge in [0.05, 0.1) is 4.90 Å². The standard InChI is InChI=1S/C29H34ClN3O5S/c1-17-10-18(2)12-21(11-17)39(36,37)25-22-13-19(30)6-7-23(22)32-24(25)26(34)31-20-14-29(15-20)8-9-33(16-29)27(35)38-28(3,4)5/h6-7,10-13,20,32H,8-9,14-16H2,1-5H3,(H,31,34). The highest BCUT2D eigenvalue weighted by molar-refractivity contribution is 7.91. The van der Waals surface area contributed by atoms with Crippen molar-refractivity contribution in [2.75, 3.05) is 13.1 Å². The molecule has 2 aromatic carbocycles. The number of rotatable bonds is 4. The van der Waals surface area contributed by atoms with Crippen molar-refractivity contribution in [3.05, 3.63) is 58.2 Å². The molecular formula is C29H34ClN3O5S. The van der Waals surface area contributed by atoms with Crippen molar-refractivity contribution < 1.29 is 22.7 Å². The molecule has 39 heavy (non-hydrogen) atoms. The number of sulfone groups is 1. The van der Waals surface area contributed by atoms with E-state index < -0.39 is 21.3 Å². The lowest BCUT2D eigenvalue weighted by Gasteiger charge is -2.45. The number of aromatic amines is 1. The Balaban J connectivity index is 1.38. The number of halogens is 1. The molecule has 1 aliphatic heterocycles. The second-order valence-electron chi connectivity index (χ2n) is 12.1. The molecule has 2 N–H and O–H groups in total. The first-order chi connectivity index (χ1) is 18.2. The Morgan fingerprint density at radius 2 is 1.77 bits per heavy atom. The van der Waals surface area contributed by atoms with E-state index in [1.165, 1.54) is 0 Å². The lowest BCUT2D eigenvalue weighted by atomic mass is 9.65. The van der Waals surface area contributed by atoms with Gasteiger partial charge in [0, 0.05) is 35.1 Å². The first-order valence-electron chi connectivity index (χ1n) is 13.1. The highest BCUT2D eigenvalue weighted by Gasteiger charge is 2.50. The van der Waals surface area contributed by atoms with Gasteiger partial charge in [0.1, 0.15) is 16.2 Å². The third-order valence-electron chi connectivity index (χ3n) is 7.50. The van der Waals surface area contributed by atoms with Crippen LogP contribution >= 0.6 is 11.6 Å². The van der Waals surface area contributed by atoms with Crippen LogP contribution < -0.4 is 5.32 Å². The maximum Gasteiger partial charge on any atom is 0.410 e. The van der Waals surface area contributed by atoms with Gasteiger partial charge < -0.3 is 19.9 Å². The van der Waals surface area contributed by atoms with Crippen molar-refractivity contribution in [1.82, 2.24) is 15.2 Å². The lowest BCUT2D eigenvalue weighted by Crippen LogP contribution is -2.52. The summed E-state index contributed by atoms with van der Waals surface area (Å²) in [5, 5.41) is 3.78. The number of carbonyl (C=O) groups is 2. The number of benzene rings is 2. The normalized spacial score (nSPS) is 21.3. The smallest absolute Gasteiger partial charge is 0.410 e. The minimum Gasteiger partial charge on any atom is -0.444 e. The molecule has 0 bridgehead atoms. The van der Waals surface area contributed by atoms with Crippen LogP contribution in [0.15, 0.2) is 46.2 Å². The Kier molecular flexibility index (Phi) is 6.74. The van der Waals surface area contributed by atoms with Gasteiger partial charge in [0.2, 0.25) is 9.84 Å². The minimum atomic E-state index is -4.05. The molecule has 1 aliphatic carbocycles. The van der Waals surface area contributed by atoms with Crippen LogP contribution in [0.25, 0.3) is 10.9 Å². The van der Waals surface area contributed by atoms with Crippen LogP contribution in [0.5, 0.6) is 0 Å². The van der Waals surface area contributed by atoms with E-state index in [1.54, 1.807) is 35.2 Å². The van der Waals surface area contributed by atoms with Gasteiger partial charge in [0.25, 0.3) is 5.91 Å². The first-order valence-corrected chi connectivity index (χ1v) is 15.0. The quantitative estimate of drug-likeness (QED) is 0.412. The molecule has 2 heterocycles. The number of likely N-dealkylation sites (tertiary alicyclic amines) is 1. The van der Waals surface area contributed by atoms with Crippen LogP contribution in [0.1, 0.15) is 61.6 Å². The van der Waals surface area contributed by atoms with Gasteiger partial charge in [0.15, 0.2) is 0 Å². The summed E-state index contributed by atoms with van der Waals surface area (Å²) in [5.41, 5.74) is 1.53. The Hall–Kier alpha value is -3.04. The van der Waals surface area contributed by atoms with E-state index in [2.05, 4.69) is 10.3 Å². The van der Waals surface area contributed by atoms with E-state index in [-0.39, 0.29) is 33.0 Å². The van der Waals surface area contributed by atoms with Crippen LogP contribution in [0, 0.1) is 19.3 Å². The number of nitrogens with zero attached hydrogens (tertiary/aromatic N) is 1. The number of nitrogens with one attached hydrogen (secondary N) is 2. The number of aryl methyl sites for hydroxylation is 2. The summed E-state index contributed by atoms with van der Waals surface area (Å²) in [6.45, 7) is 10.4. The predicted octanol–water partition coefficient (Wildman–Crippen LogP) is 5.79. The molecule has 3 aromatic rings. The highest BCUT2D eigenvalue weighted by atomic mass is 35.5. The highest BCUT2D eigenvalue weighted by Crippen LogP contribution is 2.48. The van der Waals surface area contributed by atoms with Gasteiger partial charge in [-0.2, -0.15) is 0 Å². The van der Waals surface area contributed by atoms with Gasteiger partial charge in [-0.3, -0.25) is 4.79 Å². The Labute approximate surface area is 234 Å². The number of H-pyrrole nitrogens is 1. The van der Waals surface area contributed by atoms with Crippen molar-refractivity contribution in [2.24, 2.45) is 5.41 Å².